The third-order valence-corrected chi connectivity index (χ3v) is 9.35. The van der Waals surface area contributed by atoms with Crippen LogP contribution in [0.3, 0.4) is 0 Å². The van der Waals surface area contributed by atoms with E-state index in [1.807, 2.05) is 30.3 Å². The first kappa shape index (κ1) is 20.0. The lowest BCUT2D eigenvalue weighted by atomic mass is 9.85. The number of fused-ring (bicyclic) bond motifs is 1. The third kappa shape index (κ3) is 3.26. The van der Waals surface area contributed by atoms with E-state index >= 15 is 0 Å². The van der Waals surface area contributed by atoms with Crippen LogP contribution in [0.15, 0.2) is 71.6 Å². The second-order valence-corrected chi connectivity index (χ2v) is 11.2. The largest absolute Gasteiger partial charge is 0.302 e. The number of likely N-dealkylation sites (tertiary alicyclic amines) is 1. The van der Waals surface area contributed by atoms with Crippen LogP contribution in [0.2, 0.25) is 0 Å². The van der Waals surface area contributed by atoms with Crippen LogP contribution in [-0.2, 0) is 10.0 Å². The fourth-order valence-electron chi connectivity index (χ4n) is 5.77. The van der Waals surface area contributed by atoms with Crippen molar-refractivity contribution in [3.8, 4) is 0 Å². The average molecular weight is 445 g/mol. The quantitative estimate of drug-likeness (QED) is 0.539. The van der Waals surface area contributed by atoms with E-state index in [2.05, 4.69) is 41.3 Å². The van der Waals surface area contributed by atoms with Gasteiger partial charge in [0.25, 0.3) is 10.0 Å². The predicted molar refractivity (Wildman–Crippen MR) is 130 cm³/mol. The van der Waals surface area contributed by atoms with Crippen molar-refractivity contribution >= 4 is 32.6 Å². The molecule has 1 unspecified atom stereocenters. The molecule has 0 N–H and O–H groups in total. The Balaban J connectivity index is 1.08. The monoisotopic (exact) mass is 444 g/mol. The standard InChI is InChI=1S/C27H28N2O2S/c30-32(31)26-10-4-7-22-6-3-9-25(27(22)26)29(32)18-17-28-15-13-20(14-16-28)19-23-12-11-21-5-1-2-8-24(21)23/h1-12,20,23H,13-19H2. The number of rotatable bonds is 5. The lowest BCUT2D eigenvalue weighted by Crippen LogP contribution is -2.40. The summed E-state index contributed by atoms with van der Waals surface area (Å²) in [5.74, 6) is 1.29. The van der Waals surface area contributed by atoms with Crippen LogP contribution in [0.1, 0.15) is 36.3 Å². The molecule has 0 spiro atoms. The number of sulfonamides is 1. The highest BCUT2D eigenvalue weighted by Crippen LogP contribution is 2.42. The molecule has 0 aromatic heterocycles. The molecule has 0 radical (unpaired) electrons. The predicted octanol–water partition coefficient (Wildman–Crippen LogP) is 5.26. The molecule has 2 aliphatic heterocycles. The van der Waals surface area contributed by atoms with Gasteiger partial charge >= 0.3 is 0 Å². The summed E-state index contributed by atoms with van der Waals surface area (Å²) in [6.45, 7) is 3.39. The van der Waals surface area contributed by atoms with Gasteiger partial charge in [-0.05, 0) is 66.9 Å². The normalized spacial score (nSPS) is 22.0. The number of anilines is 1. The molecule has 3 aromatic rings. The molecule has 6 rings (SSSR count). The van der Waals surface area contributed by atoms with E-state index in [-0.39, 0.29) is 0 Å². The Hall–Kier alpha value is -2.63. The summed E-state index contributed by atoms with van der Waals surface area (Å²) in [7, 11) is -3.46. The first-order valence-corrected chi connectivity index (χ1v) is 13.1. The molecule has 4 nitrogen and oxygen atoms in total. The van der Waals surface area contributed by atoms with Crippen molar-refractivity contribution in [2.24, 2.45) is 5.92 Å². The summed E-state index contributed by atoms with van der Waals surface area (Å²) in [6, 6.07) is 20.2. The smallest absolute Gasteiger partial charge is 0.265 e. The first-order valence-electron chi connectivity index (χ1n) is 11.7. The van der Waals surface area contributed by atoms with Crippen molar-refractivity contribution < 1.29 is 8.42 Å². The summed E-state index contributed by atoms with van der Waals surface area (Å²) in [4.78, 5) is 2.89. The molecule has 0 bridgehead atoms. The molecule has 0 saturated carbocycles. The zero-order valence-electron chi connectivity index (χ0n) is 18.2. The molecule has 3 aromatic carbocycles. The van der Waals surface area contributed by atoms with Gasteiger partial charge in [0.1, 0.15) is 0 Å². The van der Waals surface area contributed by atoms with E-state index in [4.69, 9.17) is 0 Å². The van der Waals surface area contributed by atoms with Crippen molar-refractivity contribution in [3.05, 3.63) is 77.9 Å². The van der Waals surface area contributed by atoms with Gasteiger partial charge in [0.2, 0.25) is 0 Å². The van der Waals surface area contributed by atoms with Gasteiger partial charge in [0.05, 0.1) is 10.6 Å². The SMILES string of the molecule is O=S1(=O)c2cccc3cccc(c23)N1CCN1CCC(CC2C=Cc3ccccc32)CC1. The van der Waals surface area contributed by atoms with Crippen LogP contribution in [0.5, 0.6) is 0 Å². The summed E-state index contributed by atoms with van der Waals surface area (Å²) >= 11 is 0. The summed E-state index contributed by atoms with van der Waals surface area (Å²) in [5.41, 5.74) is 3.68. The van der Waals surface area contributed by atoms with Gasteiger partial charge < -0.3 is 4.90 Å². The Kier molecular flexibility index (Phi) is 4.85. The average Bonchev–Trinajstić information content (AvgIpc) is 3.31. The maximum atomic E-state index is 13.2. The van der Waals surface area contributed by atoms with E-state index in [1.54, 1.807) is 10.4 Å². The zero-order valence-corrected chi connectivity index (χ0v) is 19.0. The summed E-state index contributed by atoms with van der Waals surface area (Å²) in [5, 5.41) is 1.87. The Bertz CT molecular complexity index is 1300. The molecule has 3 aliphatic rings. The Morgan fingerprint density at radius 1 is 0.875 bits per heavy atom. The Labute approximate surface area is 190 Å². The van der Waals surface area contributed by atoms with Gasteiger partial charge in [-0.1, -0.05) is 60.7 Å². The van der Waals surface area contributed by atoms with Crippen LogP contribution in [0.4, 0.5) is 5.69 Å². The van der Waals surface area contributed by atoms with Gasteiger partial charge in [0.15, 0.2) is 0 Å². The highest BCUT2D eigenvalue weighted by Gasteiger charge is 2.35. The minimum atomic E-state index is -3.46. The van der Waals surface area contributed by atoms with Crippen molar-refractivity contribution in [1.82, 2.24) is 4.90 Å². The number of nitrogens with zero attached hydrogens (tertiary/aromatic N) is 2. The van der Waals surface area contributed by atoms with Gasteiger partial charge in [-0.2, -0.15) is 0 Å². The topological polar surface area (TPSA) is 40.6 Å². The van der Waals surface area contributed by atoms with Gasteiger partial charge in [-0.25, -0.2) is 8.42 Å². The zero-order chi connectivity index (χ0) is 21.7. The number of hydrogen-bond acceptors (Lipinski definition) is 3. The summed E-state index contributed by atoms with van der Waals surface area (Å²) < 4.78 is 28.0. The molecule has 5 heteroatoms. The van der Waals surface area contributed by atoms with Gasteiger partial charge in [-0.15, -0.1) is 0 Å². The number of benzene rings is 3. The highest BCUT2D eigenvalue weighted by atomic mass is 32.2. The van der Waals surface area contributed by atoms with E-state index in [9.17, 15) is 8.42 Å². The summed E-state index contributed by atoms with van der Waals surface area (Å²) in [6.07, 6.45) is 8.24. The third-order valence-electron chi connectivity index (χ3n) is 7.50. The molecule has 1 fully saturated rings. The minimum Gasteiger partial charge on any atom is -0.302 e. The molecular formula is C27H28N2O2S. The molecule has 0 amide bonds. The highest BCUT2D eigenvalue weighted by molar-refractivity contribution is 7.93. The maximum absolute atomic E-state index is 13.2. The number of hydrogen-bond donors (Lipinski definition) is 0. The second kappa shape index (κ2) is 7.75. The van der Waals surface area contributed by atoms with E-state index in [0.29, 0.717) is 17.4 Å². The second-order valence-electron chi connectivity index (χ2n) is 9.32. The molecular weight excluding hydrogens is 416 g/mol. The lowest BCUT2D eigenvalue weighted by molar-refractivity contribution is 0.181. The molecule has 32 heavy (non-hydrogen) atoms. The van der Waals surface area contributed by atoms with Crippen LogP contribution in [0, 0.1) is 5.92 Å². The molecule has 1 saturated heterocycles. The lowest BCUT2D eigenvalue weighted by Gasteiger charge is -2.34. The Morgan fingerprint density at radius 3 is 2.50 bits per heavy atom. The van der Waals surface area contributed by atoms with E-state index < -0.39 is 10.0 Å². The molecule has 2 heterocycles. The van der Waals surface area contributed by atoms with Crippen LogP contribution >= 0.6 is 0 Å². The van der Waals surface area contributed by atoms with Crippen LogP contribution in [0.25, 0.3) is 16.8 Å². The Morgan fingerprint density at radius 2 is 1.66 bits per heavy atom. The van der Waals surface area contributed by atoms with Gasteiger partial charge in [0, 0.05) is 24.4 Å². The molecule has 1 aliphatic carbocycles. The van der Waals surface area contributed by atoms with E-state index in [0.717, 1.165) is 42.0 Å². The number of piperidine rings is 1. The first-order chi connectivity index (χ1) is 15.6. The van der Waals surface area contributed by atoms with Gasteiger partial charge in [-0.3, -0.25) is 4.31 Å². The minimum absolute atomic E-state index is 0.453. The van der Waals surface area contributed by atoms with Crippen LogP contribution < -0.4 is 4.31 Å². The van der Waals surface area contributed by atoms with Crippen LogP contribution in [-0.4, -0.2) is 39.5 Å². The number of allylic oxidation sites excluding steroid dienone is 1. The van der Waals surface area contributed by atoms with Crippen molar-refractivity contribution in [1.29, 1.82) is 0 Å². The van der Waals surface area contributed by atoms with Crippen molar-refractivity contribution in [2.45, 2.75) is 30.1 Å². The van der Waals surface area contributed by atoms with Crippen molar-refractivity contribution in [2.75, 3.05) is 30.5 Å². The van der Waals surface area contributed by atoms with E-state index in [1.165, 1.54) is 30.4 Å². The molecule has 1 atom stereocenters. The fourth-order valence-corrected chi connectivity index (χ4v) is 7.47. The van der Waals surface area contributed by atoms with Crippen molar-refractivity contribution in [3.63, 3.8) is 0 Å². The maximum Gasteiger partial charge on any atom is 0.265 e. The fraction of sp³-hybridized carbons (Fsp3) is 0.333. The molecule has 164 valence electrons.